The molecule has 2 fully saturated rings. The minimum atomic E-state index is -0.0394. The number of nitrogens with zero attached hydrogens (tertiary/aromatic N) is 3. The third-order valence-electron chi connectivity index (χ3n) is 6.09. The Hall–Kier alpha value is -1.72. The minimum absolute atomic E-state index is 0.0239. The number of fused-ring (bicyclic) bond motifs is 1. The van der Waals surface area contributed by atoms with Gasteiger partial charge in [-0.2, -0.15) is 0 Å². The van der Waals surface area contributed by atoms with Crippen LogP contribution in [0.15, 0.2) is 29.1 Å². The van der Waals surface area contributed by atoms with Crippen molar-refractivity contribution < 1.29 is 5.11 Å². The summed E-state index contributed by atoms with van der Waals surface area (Å²) in [6.07, 6.45) is 8.94. The van der Waals surface area contributed by atoms with Crippen LogP contribution in [0.5, 0.6) is 0 Å². The zero-order chi connectivity index (χ0) is 17.9. The van der Waals surface area contributed by atoms with Crippen molar-refractivity contribution in [3.63, 3.8) is 0 Å². The van der Waals surface area contributed by atoms with Crippen molar-refractivity contribution in [1.82, 2.24) is 14.5 Å². The van der Waals surface area contributed by atoms with Gasteiger partial charge in [0.15, 0.2) is 0 Å². The van der Waals surface area contributed by atoms with Gasteiger partial charge >= 0.3 is 0 Å². The van der Waals surface area contributed by atoms with Gasteiger partial charge in [0.25, 0.3) is 5.56 Å². The summed E-state index contributed by atoms with van der Waals surface area (Å²) in [6, 6.07) is 7.75. The number of rotatable bonds is 5. The Morgan fingerprint density at radius 3 is 2.69 bits per heavy atom. The van der Waals surface area contributed by atoms with E-state index < -0.39 is 0 Å². The summed E-state index contributed by atoms with van der Waals surface area (Å²) in [5, 5.41) is 10.1. The Kier molecular flexibility index (Phi) is 5.36. The molecule has 2 heterocycles. The topological polar surface area (TPSA) is 58.4 Å². The van der Waals surface area contributed by atoms with E-state index in [-0.39, 0.29) is 18.2 Å². The lowest BCUT2D eigenvalue weighted by atomic mass is 9.89. The van der Waals surface area contributed by atoms with Crippen molar-refractivity contribution in [1.29, 1.82) is 0 Å². The van der Waals surface area contributed by atoms with Crippen molar-refractivity contribution >= 4 is 10.9 Å². The molecule has 0 bridgehead atoms. The largest absolute Gasteiger partial charge is 0.395 e. The number of likely N-dealkylation sites (tertiary alicyclic amines) is 1. The summed E-state index contributed by atoms with van der Waals surface area (Å²) in [6.45, 7) is 2.48. The molecule has 1 atom stereocenters. The number of aromatic nitrogens is 2. The van der Waals surface area contributed by atoms with Crippen molar-refractivity contribution in [2.45, 2.75) is 57.5 Å². The lowest BCUT2D eigenvalue weighted by Crippen LogP contribution is -2.35. The van der Waals surface area contributed by atoms with Gasteiger partial charge in [0.05, 0.1) is 30.1 Å². The molecular formula is C21H29N3O2. The highest BCUT2D eigenvalue weighted by Gasteiger charge is 2.32. The Morgan fingerprint density at radius 2 is 1.88 bits per heavy atom. The van der Waals surface area contributed by atoms with Crippen LogP contribution in [0.4, 0.5) is 0 Å². The smallest absolute Gasteiger partial charge is 0.261 e. The van der Waals surface area contributed by atoms with E-state index in [4.69, 9.17) is 4.98 Å². The van der Waals surface area contributed by atoms with Gasteiger partial charge in [0, 0.05) is 6.54 Å². The number of aliphatic hydroxyl groups excluding tert-OH is 1. The number of para-hydroxylation sites is 1. The summed E-state index contributed by atoms with van der Waals surface area (Å²) >= 11 is 0. The van der Waals surface area contributed by atoms with Crippen LogP contribution in [0.1, 0.15) is 56.8 Å². The van der Waals surface area contributed by atoms with Crippen LogP contribution in [0.3, 0.4) is 0 Å². The molecule has 0 radical (unpaired) electrons. The lowest BCUT2D eigenvalue weighted by Gasteiger charge is -2.31. The van der Waals surface area contributed by atoms with Crippen molar-refractivity contribution in [2.24, 2.45) is 5.92 Å². The van der Waals surface area contributed by atoms with Gasteiger partial charge < -0.3 is 5.11 Å². The molecule has 0 spiro atoms. The van der Waals surface area contributed by atoms with E-state index in [1.807, 2.05) is 24.3 Å². The summed E-state index contributed by atoms with van der Waals surface area (Å²) < 4.78 is 1.71. The molecule has 5 heteroatoms. The highest BCUT2D eigenvalue weighted by molar-refractivity contribution is 5.77. The van der Waals surface area contributed by atoms with Gasteiger partial charge in [-0.1, -0.05) is 31.4 Å². The fourth-order valence-corrected chi connectivity index (χ4v) is 4.79. The minimum Gasteiger partial charge on any atom is -0.395 e. The first-order valence-corrected chi connectivity index (χ1v) is 10.1. The van der Waals surface area contributed by atoms with Crippen LogP contribution in [0.2, 0.25) is 0 Å². The second-order valence-electron chi connectivity index (χ2n) is 7.82. The molecular weight excluding hydrogens is 326 g/mol. The molecule has 1 saturated heterocycles. The van der Waals surface area contributed by atoms with Gasteiger partial charge in [-0.25, -0.2) is 4.98 Å². The summed E-state index contributed by atoms with van der Waals surface area (Å²) in [5.41, 5.74) is 0.746. The van der Waals surface area contributed by atoms with Gasteiger partial charge in [-0.15, -0.1) is 0 Å². The SMILES string of the molecule is O=c1c2ccccc2nc(C2CCCN2CC2CCCCC2)n1CCO. The molecule has 0 amide bonds. The van der Waals surface area contributed by atoms with Crippen LogP contribution in [0, 0.1) is 5.92 Å². The van der Waals surface area contributed by atoms with Gasteiger partial charge in [-0.05, 0) is 50.3 Å². The van der Waals surface area contributed by atoms with E-state index in [9.17, 15) is 9.90 Å². The fraction of sp³-hybridized carbons (Fsp3) is 0.619. The van der Waals surface area contributed by atoms with Crippen molar-refractivity contribution in [2.75, 3.05) is 19.7 Å². The molecule has 140 valence electrons. The Bertz CT molecular complexity index is 810. The van der Waals surface area contributed by atoms with Gasteiger partial charge in [0.2, 0.25) is 0 Å². The molecule has 26 heavy (non-hydrogen) atoms. The molecule has 2 aromatic rings. The van der Waals surface area contributed by atoms with E-state index in [0.29, 0.717) is 11.9 Å². The van der Waals surface area contributed by atoms with E-state index in [1.165, 1.54) is 32.1 Å². The molecule has 1 unspecified atom stereocenters. The standard InChI is InChI=1S/C21H29N3O2/c25-14-13-24-20(22-18-10-5-4-9-17(18)21(24)26)19-11-6-12-23(19)15-16-7-2-1-3-8-16/h4-5,9-10,16,19,25H,1-3,6-8,11-15H2. The molecule has 1 saturated carbocycles. The van der Waals surface area contributed by atoms with Crippen molar-refractivity contribution in [3.05, 3.63) is 40.4 Å². The first-order valence-electron chi connectivity index (χ1n) is 10.1. The average Bonchev–Trinajstić information content (AvgIpc) is 3.13. The van der Waals surface area contributed by atoms with Gasteiger partial charge in [-0.3, -0.25) is 14.3 Å². The summed E-state index contributed by atoms with van der Waals surface area (Å²) in [4.78, 5) is 20.4. The molecule has 1 N–H and O–H groups in total. The second kappa shape index (κ2) is 7.89. The number of benzene rings is 1. The van der Waals surface area contributed by atoms with E-state index in [0.717, 1.165) is 43.2 Å². The first kappa shape index (κ1) is 17.7. The number of hydrogen-bond donors (Lipinski definition) is 1. The maximum Gasteiger partial charge on any atom is 0.261 e. The summed E-state index contributed by atoms with van der Waals surface area (Å²) in [7, 11) is 0. The maximum absolute atomic E-state index is 13.0. The average molecular weight is 355 g/mol. The Labute approximate surface area is 154 Å². The molecule has 1 aromatic heterocycles. The predicted molar refractivity (Wildman–Crippen MR) is 103 cm³/mol. The molecule has 1 aromatic carbocycles. The van der Waals surface area contributed by atoms with Crippen LogP contribution in [-0.4, -0.2) is 39.3 Å². The van der Waals surface area contributed by atoms with E-state index in [1.54, 1.807) is 4.57 Å². The quantitative estimate of drug-likeness (QED) is 0.895. The molecule has 2 aliphatic rings. The molecule has 1 aliphatic heterocycles. The maximum atomic E-state index is 13.0. The van der Waals surface area contributed by atoms with Gasteiger partial charge in [0.1, 0.15) is 5.82 Å². The van der Waals surface area contributed by atoms with Crippen LogP contribution < -0.4 is 5.56 Å². The predicted octanol–water partition coefficient (Wildman–Crippen LogP) is 3.11. The Morgan fingerprint density at radius 1 is 1.08 bits per heavy atom. The third-order valence-corrected chi connectivity index (χ3v) is 6.09. The molecule has 1 aliphatic carbocycles. The highest BCUT2D eigenvalue weighted by atomic mass is 16.3. The summed E-state index contributed by atoms with van der Waals surface area (Å²) in [5.74, 6) is 1.62. The number of hydrogen-bond acceptors (Lipinski definition) is 4. The Balaban J connectivity index is 1.69. The zero-order valence-corrected chi connectivity index (χ0v) is 15.4. The molecule has 5 nitrogen and oxygen atoms in total. The third kappa shape index (κ3) is 3.42. The highest BCUT2D eigenvalue weighted by Crippen LogP contribution is 2.34. The van der Waals surface area contributed by atoms with Crippen LogP contribution >= 0.6 is 0 Å². The lowest BCUT2D eigenvalue weighted by molar-refractivity contribution is 0.177. The van der Waals surface area contributed by atoms with Crippen LogP contribution in [-0.2, 0) is 6.54 Å². The van der Waals surface area contributed by atoms with Crippen molar-refractivity contribution in [3.8, 4) is 0 Å². The number of aliphatic hydroxyl groups is 1. The fourth-order valence-electron chi connectivity index (χ4n) is 4.79. The normalized spacial score (nSPS) is 22.3. The monoisotopic (exact) mass is 355 g/mol. The van der Waals surface area contributed by atoms with E-state index >= 15 is 0 Å². The van der Waals surface area contributed by atoms with E-state index in [2.05, 4.69) is 4.90 Å². The van der Waals surface area contributed by atoms with Crippen LogP contribution in [0.25, 0.3) is 10.9 Å². The molecule has 4 rings (SSSR count). The zero-order valence-electron chi connectivity index (χ0n) is 15.4. The first-order chi connectivity index (χ1) is 12.8. The second-order valence-corrected chi connectivity index (χ2v) is 7.82.